The molecule has 0 bridgehead atoms. The van der Waals surface area contributed by atoms with E-state index in [4.69, 9.17) is 4.42 Å². The second-order valence-electron chi connectivity index (χ2n) is 13.7. The van der Waals surface area contributed by atoms with Crippen molar-refractivity contribution in [3.63, 3.8) is 0 Å². The van der Waals surface area contributed by atoms with Crippen LogP contribution >= 0.6 is 0 Å². The number of furan rings is 1. The fourth-order valence-electron chi connectivity index (χ4n) is 7.87. The van der Waals surface area contributed by atoms with Gasteiger partial charge in [-0.3, -0.25) is 0 Å². The first kappa shape index (κ1) is 31.6. The van der Waals surface area contributed by atoms with Crippen LogP contribution in [0.5, 0.6) is 0 Å². The van der Waals surface area contributed by atoms with Crippen molar-refractivity contribution in [2.24, 2.45) is 0 Å². The Hall–Kier alpha value is -7.16. The Balaban J connectivity index is 1.19. The summed E-state index contributed by atoms with van der Waals surface area (Å²) < 4.78 is 6.76. The van der Waals surface area contributed by atoms with E-state index in [1.165, 1.54) is 33.0 Å². The van der Waals surface area contributed by atoms with E-state index in [9.17, 15) is 0 Å². The summed E-state index contributed by atoms with van der Waals surface area (Å²) in [5, 5.41) is 4.63. The van der Waals surface area contributed by atoms with Gasteiger partial charge >= 0.3 is 0 Å². The van der Waals surface area contributed by atoms with Crippen LogP contribution in [0.4, 0.5) is 17.1 Å². The number of para-hydroxylation sites is 1. The van der Waals surface area contributed by atoms with E-state index in [0.29, 0.717) is 0 Å². The molecule has 0 saturated heterocycles. The lowest BCUT2D eigenvalue weighted by Gasteiger charge is -2.28. The third-order valence-corrected chi connectivity index (χ3v) is 10.5. The fourth-order valence-corrected chi connectivity index (χ4v) is 7.87. The van der Waals surface area contributed by atoms with Gasteiger partial charge in [-0.1, -0.05) is 170 Å². The zero-order chi connectivity index (χ0) is 35.8. The normalized spacial score (nSPS) is 11.3. The van der Waals surface area contributed by atoms with E-state index in [1.54, 1.807) is 0 Å². The molecule has 0 amide bonds. The van der Waals surface area contributed by atoms with Crippen molar-refractivity contribution in [3.8, 4) is 44.5 Å². The van der Waals surface area contributed by atoms with Gasteiger partial charge in [0.1, 0.15) is 11.2 Å². The summed E-state index contributed by atoms with van der Waals surface area (Å²) >= 11 is 0. The second-order valence-corrected chi connectivity index (χ2v) is 13.7. The van der Waals surface area contributed by atoms with Gasteiger partial charge in [0.2, 0.25) is 0 Å². The molecule has 0 aliphatic carbocycles. The van der Waals surface area contributed by atoms with Crippen molar-refractivity contribution in [1.29, 1.82) is 0 Å². The van der Waals surface area contributed by atoms with Crippen LogP contribution in [0.25, 0.3) is 77.2 Å². The van der Waals surface area contributed by atoms with E-state index in [1.807, 2.05) is 6.07 Å². The topological polar surface area (TPSA) is 16.4 Å². The maximum Gasteiger partial charge on any atom is 0.145 e. The summed E-state index contributed by atoms with van der Waals surface area (Å²) in [6, 6.07) is 75.8. The van der Waals surface area contributed by atoms with Gasteiger partial charge in [-0.05, 0) is 92.2 Å². The molecule has 54 heavy (non-hydrogen) atoms. The minimum atomic E-state index is 0.869. The predicted octanol–water partition coefficient (Wildman–Crippen LogP) is 14.9. The van der Waals surface area contributed by atoms with Gasteiger partial charge in [-0.25, -0.2) is 0 Å². The Morgan fingerprint density at radius 3 is 1.63 bits per heavy atom. The first-order valence-electron chi connectivity index (χ1n) is 18.4. The quantitative estimate of drug-likeness (QED) is 0.166. The maximum absolute atomic E-state index is 6.76. The van der Waals surface area contributed by atoms with Crippen molar-refractivity contribution < 1.29 is 4.42 Å². The molecule has 0 saturated carbocycles. The van der Waals surface area contributed by atoms with E-state index in [-0.39, 0.29) is 0 Å². The molecule has 0 radical (unpaired) electrons. The molecule has 10 aromatic rings. The van der Waals surface area contributed by atoms with Gasteiger partial charge in [0, 0.05) is 22.3 Å². The Labute approximate surface area is 314 Å². The Morgan fingerprint density at radius 2 is 0.870 bits per heavy atom. The minimum Gasteiger partial charge on any atom is -0.455 e. The molecule has 1 aromatic heterocycles. The Bertz CT molecular complexity index is 2920. The van der Waals surface area contributed by atoms with Gasteiger partial charge in [0.25, 0.3) is 0 Å². The zero-order valence-electron chi connectivity index (χ0n) is 29.6. The summed E-state index contributed by atoms with van der Waals surface area (Å²) in [7, 11) is 0. The first-order valence-corrected chi connectivity index (χ1v) is 18.4. The number of anilines is 3. The molecule has 0 atom stereocenters. The van der Waals surface area contributed by atoms with E-state index in [2.05, 4.69) is 211 Å². The largest absolute Gasteiger partial charge is 0.455 e. The lowest BCUT2D eigenvalue weighted by Crippen LogP contribution is -2.11. The number of nitrogens with zero attached hydrogens (tertiary/aromatic N) is 1. The minimum absolute atomic E-state index is 0.869. The number of hydrogen-bond acceptors (Lipinski definition) is 2. The average molecular weight is 690 g/mol. The molecular weight excluding hydrogens is 655 g/mol. The molecule has 10 rings (SSSR count). The van der Waals surface area contributed by atoms with Gasteiger partial charge in [0.15, 0.2) is 0 Å². The van der Waals surface area contributed by atoms with Crippen LogP contribution in [-0.2, 0) is 0 Å². The fraction of sp³-hybridized carbons (Fsp3) is 0. The van der Waals surface area contributed by atoms with Crippen LogP contribution in [-0.4, -0.2) is 0 Å². The van der Waals surface area contributed by atoms with Crippen LogP contribution < -0.4 is 4.90 Å². The van der Waals surface area contributed by atoms with Crippen molar-refractivity contribution in [2.45, 2.75) is 0 Å². The number of fused-ring (bicyclic) bond motifs is 4. The van der Waals surface area contributed by atoms with Crippen LogP contribution in [0.3, 0.4) is 0 Å². The molecule has 2 nitrogen and oxygen atoms in total. The molecule has 0 aliphatic heterocycles. The standard InChI is InChI=1S/C52H35NO/c1-3-14-36(15-4-1)37-28-30-38(31-29-37)41-20-11-22-43(34-41)53(44-23-12-21-42(35-44)46-26-13-19-39-18-7-8-24-45(39)46)49-33-32-47(40-16-5-2-6-17-40)52-51(49)48-25-9-10-27-50(48)54-52/h1-35H. The van der Waals surface area contributed by atoms with Gasteiger partial charge in [-0.15, -0.1) is 0 Å². The van der Waals surface area contributed by atoms with E-state index in [0.717, 1.165) is 61.3 Å². The molecule has 0 N–H and O–H groups in total. The molecule has 0 unspecified atom stereocenters. The second kappa shape index (κ2) is 13.4. The van der Waals surface area contributed by atoms with Crippen molar-refractivity contribution in [1.82, 2.24) is 0 Å². The van der Waals surface area contributed by atoms with Crippen LogP contribution in [0, 0.1) is 0 Å². The van der Waals surface area contributed by atoms with Crippen LogP contribution in [0.15, 0.2) is 217 Å². The third kappa shape index (κ3) is 5.62. The summed E-state index contributed by atoms with van der Waals surface area (Å²) in [5.74, 6) is 0. The summed E-state index contributed by atoms with van der Waals surface area (Å²) in [6.07, 6.45) is 0. The molecule has 2 heteroatoms. The molecule has 1 heterocycles. The highest BCUT2D eigenvalue weighted by atomic mass is 16.3. The number of hydrogen-bond donors (Lipinski definition) is 0. The summed E-state index contributed by atoms with van der Waals surface area (Å²) in [6.45, 7) is 0. The van der Waals surface area contributed by atoms with Crippen LogP contribution in [0.1, 0.15) is 0 Å². The average Bonchev–Trinajstić information content (AvgIpc) is 3.65. The molecule has 0 spiro atoms. The van der Waals surface area contributed by atoms with Crippen molar-refractivity contribution in [3.05, 3.63) is 212 Å². The molecular formula is C52H35NO. The highest BCUT2D eigenvalue weighted by Crippen LogP contribution is 2.47. The van der Waals surface area contributed by atoms with Gasteiger partial charge in [0.05, 0.1) is 11.1 Å². The summed E-state index contributed by atoms with van der Waals surface area (Å²) in [5.41, 5.74) is 14.2. The Kier molecular flexibility index (Phi) is 7.85. The maximum atomic E-state index is 6.76. The molecule has 0 fully saturated rings. The smallest absolute Gasteiger partial charge is 0.145 e. The van der Waals surface area contributed by atoms with Crippen LogP contribution in [0.2, 0.25) is 0 Å². The zero-order valence-corrected chi connectivity index (χ0v) is 29.6. The SMILES string of the molecule is c1ccc(-c2ccc(-c3cccc(N(c4cccc(-c5cccc6ccccc56)c4)c4ccc(-c5ccccc5)c5oc6ccccc6c45)c3)cc2)cc1. The Morgan fingerprint density at radius 1 is 0.333 bits per heavy atom. The van der Waals surface area contributed by atoms with Crippen molar-refractivity contribution in [2.75, 3.05) is 4.90 Å². The summed E-state index contributed by atoms with van der Waals surface area (Å²) in [4.78, 5) is 2.40. The number of rotatable bonds is 7. The van der Waals surface area contributed by atoms with Gasteiger partial charge in [-0.2, -0.15) is 0 Å². The molecule has 254 valence electrons. The molecule has 0 aliphatic rings. The van der Waals surface area contributed by atoms with Gasteiger partial charge < -0.3 is 9.32 Å². The third-order valence-electron chi connectivity index (χ3n) is 10.5. The highest BCUT2D eigenvalue weighted by molar-refractivity contribution is 6.17. The number of benzene rings is 9. The first-order chi connectivity index (χ1) is 26.8. The lowest BCUT2D eigenvalue weighted by atomic mass is 9.96. The molecule has 9 aromatic carbocycles. The lowest BCUT2D eigenvalue weighted by molar-refractivity contribution is 0.670. The predicted molar refractivity (Wildman–Crippen MR) is 228 cm³/mol. The van der Waals surface area contributed by atoms with E-state index >= 15 is 0 Å². The monoisotopic (exact) mass is 689 g/mol. The van der Waals surface area contributed by atoms with E-state index < -0.39 is 0 Å². The van der Waals surface area contributed by atoms with Crippen molar-refractivity contribution >= 4 is 49.8 Å². The highest BCUT2D eigenvalue weighted by Gasteiger charge is 2.23.